The zero-order chi connectivity index (χ0) is 23.8. The highest BCUT2D eigenvalue weighted by Crippen LogP contribution is 2.35. The Balaban J connectivity index is 1.42. The Labute approximate surface area is 201 Å². The Hall–Kier alpha value is -3.03. The number of esters is 1. The van der Waals surface area contributed by atoms with Crippen LogP contribution in [0.2, 0.25) is 0 Å². The van der Waals surface area contributed by atoms with E-state index < -0.39 is 12.1 Å². The van der Waals surface area contributed by atoms with Gasteiger partial charge >= 0.3 is 5.97 Å². The fourth-order valence-corrected chi connectivity index (χ4v) is 4.63. The number of aliphatic hydroxyl groups is 1. The number of hydrogen-bond acceptors (Lipinski definition) is 6. The molecule has 1 aliphatic heterocycles. The number of rotatable bonds is 10. The van der Waals surface area contributed by atoms with Crippen LogP contribution < -0.4 is 0 Å². The summed E-state index contributed by atoms with van der Waals surface area (Å²) in [5.41, 5.74) is 2.31. The lowest BCUT2D eigenvalue weighted by Gasteiger charge is -2.42. The Morgan fingerprint density at radius 3 is 2.53 bits per heavy atom. The van der Waals surface area contributed by atoms with Crippen molar-refractivity contribution in [2.24, 2.45) is 0 Å². The lowest BCUT2D eigenvalue weighted by Crippen LogP contribution is -2.46. The molecule has 0 spiro atoms. The normalized spacial score (nSPS) is 20.8. The fraction of sp³-hybridized carbons (Fsp3) is 0.444. The number of carbonyl (C=O) groups excluding carboxylic acids is 1. The number of nitrogens with zero attached hydrogens (tertiary/aromatic N) is 4. The van der Waals surface area contributed by atoms with Crippen LogP contribution in [0.5, 0.6) is 0 Å². The Morgan fingerprint density at radius 2 is 1.79 bits per heavy atom. The van der Waals surface area contributed by atoms with E-state index in [-0.39, 0.29) is 18.7 Å². The van der Waals surface area contributed by atoms with Crippen molar-refractivity contribution in [3.63, 3.8) is 0 Å². The minimum Gasteiger partial charge on any atom is -0.455 e. The summed E-state index contributed by atoms with van der Waals surface area (Å²) in [7, 11) is 0. The van der Waals surface area contributed by atoms with E-state index in [1.54, 1.807) is 35.1 Å². The lowest BCUT2D eigenvalue weighted by atomic mass is 9.90. The molecule has 2 heterocycles. The van der Waals surface area contributed by atoms with Gasteiger partial charge in [-0.15, -0.1) is 5.10 Å². The molecule has 0 aliphatic carbocycles. The van der Waals surface area contributed by atoms with Crippen molar-refractivity contribution in [3.8, 4) is 0 Å². The topological polar surface area (TPSA) is 80.5 Å². The maximum Gasteiger partial charge on any atom is 0.338 e. The number of ether oxygens (including phenoxy) is 1. The molecular formula is C27H34N4O3. The SMILES string of the molecule is CCCCCCN1C[C@@H](n2cc(COC(=O)c3ccccc3)nn2)[C@H](O)C[C@H]1c1ccccc1. The first-order valence-electron chi connectivity index (χ1n) is 12.3. The van der Waals surface area contributed by atoms with Gasteiger partial charge in [-0.1, -0.05) is 79.9 Å². The van der Waals surface area contributed by atoms with E-state index in [1.807, 2.05) is 12.1 Å². The van der Waals surface area contributed by atoms with E-state index in [0.29, 0.717) is 24.2 Å². The molecule has 3 atom stereocenters. The Bertz CT molecular complexity index is 1020. The van der Waals surface area contributed by atoms with Crippen LogP contribution >= 0.6 is 0 Å². The van der Waals surface area contributed by atoms with Gasteiger partial charge in [-0.05, 0) is 37.1 Å². The average molecular weight is 463 g/mol. The van der Waals surface area contributed by atoms with Crippen LogP contribution in [-0.4, -0.2) is 50.2 Å². The molecule has 0 saturated carbocycles. The van der Waals surface area contributed by atoms with Crippen LogP contribution in [0.1, 0.15) is 72.7 Å². The second-order valence-electron chi connectivity index (χ2n) is 8.98. The molecular weight excluding hydrogens is 428 g/mol. The zero-order valence-electron chi connectivity index (χ0n) is 19.8. The molecule has 1 fully saturated rings. The van der Waals surface area contributed by atoms with Gasteiger partial charge in [0.25, 0.3) is 0 Å². The van der Waals surface area contributed by atoms with Gasteiger partial charge in [0.1, 0.15) is 12.3 Å². The van der Waals surface area contributed by atoms with Gasteiger partial charge in [-0.3, -0.25) is 4.90 Å². The van der Waals surface area contributed by atoms with E-state index in [4.69, 9.17) is 4.74 Å². The van der Waals surface area contributed by atoms with Gasteiger partial charge in [0.15, 0.2) is 0 Å². The maximum atomic E-state index is 12.2. The third-order valence-electron chi connectivity index (χ3n) is 6.51. The van der Waals surface area contributed by atoms with Gasteiger partial charge in [0.2, 0.25) is 0 Å². The van der Waals surface area contributed by atoms with E-state index >= 15 is 0 Å². The molecule has 1 saturated heterocycles. The molecule has 180 valence electrons. The largest absolute Gasteiger partial charge is 0.455 e. The van der Waals surface area contributed by atoms with Crippen LogP contribution in [0.15, 0.2) is 66.9 Å². The first kappa shape index (κ1) is 24.1. The van der Waals surface area contributed by atoms with E-state index in [1.165, 1.54) is 24.8 Å². The molecule has 1 N–H and O–H groups in total. The summed E-state index contributed by atoms with van der Waals surface area (Å²) in [6.07, 6.45) is 6.67. The van der Waals surface area contributed by atoms with E-state index in [2.05, 4.69) is 46.4 Å². The smallest absolute Gasteiger partial charge is 0.338 e. The third kappa shape index (κ3) is 6.10. The monoisotopic (exact) mass is 462 g/mol. The number of likely N-dealkylation sites (tertiary alicyclic amines) is 1. The van der Waals surface area contributed by atoms with Crippen LogP contribution in [0.3, 0.4) is 0 Å². The van der Waals surface area contributed by atoms with Gasteiger partial charge in [-0.25, -0.2) is 9.48 Å². The second-order valence-corrected chi connectivity index (χ2v) is 8.98. The summed E-state index contributed by atoms with van der Waals surface area (Å²) < 4.78 is 7.12. The maximum absolute atomic E-state index is 12.2. The number of benzene rings is 2. The molecule has 4 rings (SSSR count). The molecule has 1 aromatic heterocycles. The number of unbranched alkanes of at least 4 members (excludes halogenated alkanes) is 3. The minimum atomic E-state index is -0.543. The van der Waals surface area contributed by atoms with E-state index in [0.717, 1.165) is 13.0 Å². The van der Waals surface area contributed by atoms with Crippen LogP contribution in [0.4, 0.5) is 0 Å². The van der Waals surface area contributed by atoms with Crippen molar-refractivity contribution >= 4 is 5.97 Å². The molecule has 0 unspecified atom stereocenters. The summed E-state index contributed by atoms with van der Waals surface area (Å²) in [4.78, 5) is 14.7. The van der Waals surface area contributed by atoms with Crippen molar-refractivity contribution in [2.45, 2.75) is 63.8 Å². The number of carbonyl (C=O) groups is 1. The summed E-state index contributed by atoms with van der Waals surface area (Å²) in [5.74, 6) is -0.392. The van der Waals surface area contributed by atoms with Crippen LogP contribution in [0.25, 0.3) is 0 Å². The van der Waals surface area contributed by atoms with E-state index in [9.17, 15) is 9.90 Å². The molecule has 7 nitrogen and oxygen atoms in total. The number of aliphatic hydroxyl groups excluding tert-OH is 1. The molecule has 34 heavy (non-hydrogen) atoms. The number of aromatic nitrogens is 3. The minimum absolute atomic E-state index is 0.0456. The standard InChI is InChI=1S/C27H34N4O3/c1-2-3-4-11-16-30-19-25(26(32)17-24(30)21-12-7-5-8-13-21)31-18-23(28-29-31)20-34-27(33)22-14-9-6-10-15-22/h5-10,12-15,18,24-26,32H,2-4,11,16-17,19-20H2,1H3/t24-,25+,26+/m0/s1. The molecule has 2 aromatic carbocycles. The molecule has 3 aromatic rings. The number of piperidine rings is 1. The Morgan fingerprint density at radius 1 is 1.06 bits per heavy atom. The van der Waals surface area contributed by atoms with Crippen molar-refractivity contribution in [1.82, 2.24) is 19.9 Å². The number of hydrogen-bond donors (Lipinski definition) is 1. The van der Waals surface area contributed by atoms with Gasteiger partial charge < -0.3 is 9.84 Å². The molecule has 0 radical (unpaired) electrons. The highest BCUT2D eigenvalue weighted by molar-refractivity contribution is 5.89. The zero-order valence-corrected chi connectivity index (χ0v) is 19.8. The summed E-state index contributed by atoms with van der Waals surface area (Å²) in [6.45, 7) is 3.95. The molecule has 0 amide bonds. The molecule has 0 bridgehead atoms. The van der Waals surface area contributed by atoms with Gasteiger partial charge in [-0.2, -0.15) is 0 Å². The average Bonchev–Trinajstić information content (AvgIpc) is 3.35. The summed E-state index contributed by atoms with van der Waals surface area (Å²) in [6, 6.07) is 19.3. The lowest BCUT2D eigenvalue weighted by molar-refractivity contribution is -0.00778. The Kier molecular flexibility index (Phi) is 8.44. The van der Waals surface area contributed by atoms with Crippen molar-refractivity contribution < 1.29 is 14.6 Å². The van der Waals surface area contributed by atoms with Gasteiger partial charge in [0, 0.05) is 12.6 Å². The predicted octanol–water partition coefficient (Wildman–Crippen LogP) is 4.56. The van der Waals surface area contributed by atoms with Crippen LogP contribution in [-0.2, 0) is 11.3 Å². The first-order chi connectivity index (χ1) is 16.7. The first-order valence-corrected chi connectivity index (χ1v) is 12.3. The van der Waals surface area contributed by atoms with Crippen LogP contribution in [0, 0.1) is 0 Å². The van der Waals surface area contributed by atoms with Gasteiger partial charge in [0.05, 0.1) is 23.9 Å². The predicted molar refractivity (Wildman–Crippen MR) is 130 cm³/mol. The van der Waals surface area contributed by atoms with Crippen molar-refractivity contribution in [2.75, 3.05) is 13.1 Å². The summed E-state index contributed by atoms with van der Waals surface area (Å²) in [5, 5.41) is 19.5. The fourth-order valence-electron chi connectivity index (χ4n) is 4.63. The van der Waals surface area contributed by atoms with Crippen molar-refractivity contribution in [1.29, 1.82) is 0 Å². The summed E-state index contributed by atoms with van der Waals surface area (Å²) >= 11 is 0. The van der Waals surface area contributed by atoms with Crippen molar-refractivity contribution in [3.05, 3.63) is 83.7 Å². The second kappa shape index (κ2) is 11.9. The molecule has 1 aliphatic rings. The molecule has 7 heteroatoms. The quantitative estimate of drug-likeness (QED) is 0.351. The highest BCUT2D eigenvalue weighted by Gasteiger charge is 2.36. The highest BCUT2D eigenvalue weighted by atomic mass is 16.5. The third-order valence-corrected chi connectivity index (χ3v) is 6.51.